The zero-order valence-corrected chi connectivity index (χ0v) is 17.3. The van der Waals surface area contributed by atoms with Crippen LogP contribution in [0.5, 0.6) is 0 Å². The molecule has 5 aromatic rings. The summed E-state index contributed by atoms with van der Waals surface area (Å²) in [6, 6.07) is 24.0. The number of hydrogen-bond donors (Lipinski definition) is 1. The van der Waals surface area contributed by atoms with Crippen molar-refractivity contribution in [3.63, 3.8) is 0 Å². The second-order valence-corrected chi connectivity index (χ2v) is 9.30. The van der Waals surface area contributed by atoms with E-state index in [1.807, 2.05) is 60.7 Å². The fourth-order valence-corrected chi connectivity index (χ4v) is 6.02. The van der Waals surface area contributed by atoms with Gasteiger partial charge in [0.2, 0.25) is 0 Å². The Morgan fingerprint density at radius 2 is 1.53 bits per heavy atom. The Morgan fingerprint density at radius 3 is 2.27 bits per heavy atom. The molecule has 30 heavy (non-hydrogen) atoms. The number of rotatable bonds is 2. The molecule has 0 saturated carbocycles. The molecule has 2 heterocycles. The number of benzene rings is 3. The van der Waals surface area contributed by atoms with Crippen LogP contribution < -0.4 is 0 Å². The highest BCUT2D eigenvalue weighted by molar-refractivity contribution is 7.29. The van der Waals surface area contributed by atoms with Gasteiger partial charge >= 0.3 is 0 Å². The molecule has 3 nitrogen and oxygen atoms in total. The minimum Gasteiger partial charge on any atom is -0.299 e. The molecule has 0 aliphatic heterocycles. The monoisotopic (exact) mass is 422 g/mol. The number of aromatic nitrogens is 1. The first kappa shape index (κ1) is 17.4. The summed E-state index contributed by atoms with van der Waals surface area (Å²) in [5, 5.41) is 11.7. The van der Waals surface area contributed by atoms with Crippen molar-refractivity contribution >= 4 is 60.5 Å². The van der Waals surface area contributed by atoms with Crippen LogP contribution >= 0.6 is 22.7 Å². The summed E-state index contributed by atoms with van der Waals surface area (Å²) < 4.78 is 1.10. The van der Waals surface area contributed by atoms with E-state index in [-0.39, 0.29) is 5.78 Å². The largest absolute Gasteiger partial charge is 0.299 e. The van der Waals surface area contributed by atoms with Gasteiger partial charge in [-0.2, -0.15) is 0 Å². The van der Waals surface area contributed by atoms with Gasteiger partial charge in [-0.15, -0.1) is 22.7 Å². The van der Waals surface area contributed by atoms with Gasteiger partial charge in [-0.3, -0.25) is 10.2 Å². The molecule has 0 unspecified atom stereocenters. The molecule has 3 aromatic carbocycles. The lowest BCUT2D eigenvalue weighted by Crippen LogP contribution is -1.99. The molecule has 2 aromatic heterocycles. The predicted octanol–water partition coefficient (Wildman–Crippen LogP) is 6.83. The molecule has 1 N–H and O–H groups in total. The second kappa shape index (κ2) is 6.55. The Bertz CT molecular complexity index is 1440. The van der Waals surface area contributed by atoms with Gasteiger partial charge in [-0.1, -0.05) is 54.6 Å². The van der Waals surface area contributed by atoms with Gasteiger partial charge in [0.25, 0.3) is 0 Å². The zero-order chi connectivity index (χ0) is 20.2. The maximum Gasteiger partial charge on any atom is 0.195 e. The zero-order valence-electron chi connectivity index (χ0n) is 15.7. The summed E-state index contributed by atoms with van der Waals surface area (Å²) in [5.41, 5.74) is 3.20. The van der Waals surface area contributed by atoms with Crippen LogP contribution in [-0.2, 0) is 0 Å². The Balaban J connectivity index is 1.39. The number of nitrogens with one attached hydrogen (secondary N) is 1. The van der Waals surface area contributed by atoms with Gasteiger partial charge in [-0.05, 0) is 35.0 Å². The fourth-order valence-electron chi connectivity index (χ4n) is 3.85. The van der Waals surface area contributed by atoms with E-state index in [1.54, 1.807) is 22.7 Å². The van der Waals surface area contributed by atoms with Gasteiger partial charge < -0.3 is 0 Å². The van der Waals surface area contributed by atoms with E-state index in [9.17, 15) is 4.79 Å². The van der Waals surface area contributed by atoms with Gasteiger partial charge in [0.05, 0.1) is 10.4 Å². The first-order chi connectivity index (χ1) is 14.7. The number of hydrogen-bond acceptors (Lipinski definition) is 5. The van der Waals surface area contributed by atoms with Crippen LogP contribution in [0.1, 0.15) is 20.8 Å². The third kappa shape index (κ3) is 2.67. The van der Waals surface area contributed by atoms with E-state index in [1.165, 1.54) is 0 Å². The third-order valence-electron chi connectivity index (χ3n) is 5.33. The van der Waals surface area contributed by atoms with E-state index in [4.69, 9.17) is 10.4 Å². The van der Waals surface area contributed by atoms with Crippen molar-refractivity contribution in [3.05, 3.63) is 94.4 Å². The Morgan fingerprint density at radius 1 is 0.833 bits per heavy atom. The summed E-state index contributed by atoms with van der Waals surface area (Å²) in [5.74, 6) is -0.0737. The lowest BCUT2D eigenvalue weighted by Gasteiger charge is -2.01. The van der Waals surface area contributed by atoms with Crippen molar-refractivity contribution in [1.29, 1.82) is 5.41 Å². The van der Waals surface area contributed by atoms with Crippen molar-refractivity contribution in [2.75, 3.05) is 0 Å². The summed E-state index contributed by atoms with van der Waals surface area (Å²) in [7, 11) is 0. The molecular formula is C25H14N2OS2. The van der Waals surface area contributed by atoms with Crippen molar-refractivity contribution in [2.45, 2.75) is 0 Å². The van der Waals surface area contributed by atoms with Crippen molar-refractivity contribution < 1.29 is 4.79 Å². The summed E-state index contributed by atoms with van der Waals surface area (Å²) in [6.07, 6.45) is 1.84. The third-order valence-corrected chi connectivity index (χ3v) is 7.49. The maximum absolute atomic E-state index is 13.0. The second-order valence-electron chi connectivity index (χ2n) is 7.21. The first-order valence-electron chi connectivity index (χ1n) is 9.52. The lowest BCUT2D eigenvalue weighted by atomic mass is 10.0. The van der Waals surface area contributed by atoms with Crippen LogP contribution in [0, 0.1) is 5.41 Å². The SMILES string of the molecule is N=C1/C(=C/c2cc3sc(-c4ccccc4)nc3s2)C(=O)c2cc3ccccc3cc21. The van der Waals surface area contributed by atoms with Crippen molar-refractivity contribution in [1.82, 2.24) is 4.98 Å². The summed E-state index contributed by atoms with van der Waals surface area (Å²) >= 11 is 3.21. The number of Topliss-reactive ketones (excluding diaryl/α,β-unsaturated/α-hetero) is 1. The van der Waals surface area contributed by atoms with Crippen LogP contribution in [0.3, 0.4) is 0 Å². The van der Waals surface area contributed by atoms with Gasteiger partial charge in [0, 0.05) is 27.1 Å². The number of nitrogens with zero attached hydrogens (tertiary/aromatic N) is 1. The average molecular weight is 423 g/mol. The average Bonchev–Trinajstić information content (AvgIpc) is 3.41. The highest BCUT2D eigenvalue weighted by Crippen LogP contribution is 2.37. The highest BCUT2D eigenvalue weighted by atomic mass is 32.1. The molecule has 0 atom stereocenters. The molecule has 142 valence electrons. The first-order valence-corrected chi connectivity index (χ1v) is 11.1. The van der Waals surface area contributed by atoms with Gasteiger partial charge in [0.15, 0.2) is 5.78 Å². The molecule has 6 rings (SSSR count). The fraction of sp³-hybridized carbons (Fsp3) is 0. The molecule has 0 fully saturated rings. The van der Waals surface area contributed by atoms with Crippen LogP contribution in [0.4, 0.5) is 0 Å². The van der Waals surface area contributed by atoms with Gasteiger partial charge in [-0.25, -0.2) is 4.98 Å². The minimum atomic E-state index is -0.0737. The molecule has 0 spiro atoms. The minimum absolute atomic E-state index is 0.0737. The standard InChI is InChI=1S/C25H14N2OS2/c26-22-18-10-15-8-4-5-9-16(15)11-19(18)23(28)20(22)12-17-13-21-25(29-17)27-24(30-21)14-6-2-1-3-7-14/h1-13,26H/b20-12-,26-22?. The number of carbonyl (C=O) groups excluding carboxylic acids is 1. The highest BCUT2D eigenvalue weighted by Gasteiger charge is 2.30. The molecular weight excluding hydrogens is 408 g/mol. The lowest BCUT2D eigenvalue weighted by molar-refractivity contribution is 0.104. The van der Waals surface area contributed by atoms with E-state index in [0.717, 1.165) is 35.8 Å². The number of carbonyl (C=O) groups is 1. The quantitative estimate of drug-likeness (QED) is 0.317. The van der Waals surface area contributed by atoms with E-state index in [2.05, 4.69) is 18.2 Å². The van der Waals surface area contributed by atoms with E-state index in [0.29, 0.717) is 22.4 Å². The van der Waals surface area contributed by atoms with Crippen LogP contribution in [0.15, 0.2) is 78.4 Å². The van der Waals surface area contributed by atoms with Crippen LogP contribution in [-0.4, -0.2) is 16.5 Å². The van der Waals surface area contributed by atoms with Crippen LogP contribution in [0.2, 0.25) is 0 Å². The molecule has 1 aliphatic rings. The maximum atomic E-state index is 13.0. The Hall–Kier alpha value is -3.41. The number of thiazole rings is 1. The molecule has 0 bridgehead atoms. The summed E-state index contributed by atoms with van der Waals surface area (Å²) in [6.45, 7) is 0. The molecule has 5 heteroatoms. The Kier molecular flexibility index (Phi) is 3.81. The number of ketones is 1. The van der Waals surface area contributed by atoms with E-state index >= 15 is 0 Å². The van der Waals surface area contributed by atoms with Crippen LogP contribution in [0.25, 0.3) is 36.9 Å². The molecule has 0 amide bonds. The van der Waals surface area contributed by atoms with Crippen molar-refractivity contribution in [3.8, 4) is 10.6 Å². The normalized spacial score (nSPS) is 14.9. The van der Waals surface area contributed by atoms with Crippen molar-refractivity contribution in [2.24, 2.45) is 0 Å². The molecule has 0 radical (unpaired) electrons. The summed E-state index contributed by atoms with van der Waals surface area (Å²) in [4.78, 5) is 19.7. The number of fused-ring (bicyclic) bond motifs is 3. The Labute approximate surface area is 180 Å². The molecule has 0 saturated heterocycles. The number of thiophene rings is 1. The topological polar surface area (TPSA) is 53.8 Å². The predicted molar refractivity (Wildman–Crippen MR) is 126 cm³/mol. The molecule has 1 aliphatic carbocycles. The van der Waals surface area contributed by atoms with E-state index < -0.39 is 0 Å². The van der Waals surface area contributed by atoms with Gasteiger partial charge in [0.1, 0.15) is 9.84 Å². The smallest absolute Gasteiger partial charge is 0.195 e. The number of allylic oxidation sites excluding steroid dienone is 1.